The second-order valence-corrected chi connectivity index (χ2v) is 11.2. The lowest BCUT2D eigenvalue weighted by atomic mass is 9.44. The van der Waals surface area contributed by atoms with Gasteiger partial charge >= 0.3 is 5.97 Å². The van der Waals surface area contributed by atoms with E-state index in [9.17, 15) is 9.90 Å². The third-order valence-electron chi connectivity index (χ3n) is 10.2. The molecule has 0 amide bonds. The highest BCUT2D eigenvalue weighted by molar-refractivity contribution is 5.66. The van der Waals surface area contributed by atoms with Crippen molar-refractivity contribution in [2.75, 3.05) is 0 Å². The van der Waals surface area contributed by atoms with Crippen molar-refractivity contribution in [3.05, 3.63) is 0 Å². The predicted molar refractivity (Wildman–Crippen MR) is 107 cm³/mol. The zero-order chi connectivity index (χ0) is 19.4. The monoisotopic (exact) mass is 376 g/mol. The van der Waals surface area contributed by atoms with Crippen molar-refractivity contribution < 1.29 is 15.0 Å². The Hall–Kier alpha value is -0.570. The van der Waals surface area contributed by atoms with E-state index in [-0.39, 0.29) is 6.10 Å². The topological polar surface area (TPSA) is 57.5 Å². The fourth-order valence-electron chi connectivity index (χ4n) is 8.78. The number of aliphatic carboxylic acids is 1. The molecule has 3 heteroatoms. The van der Waals surface area contributed by atoms with E-state index in [1.165, 1.54) is 51.4 Å². The highest BCUT2D eigenvalue weighted by Crippen LogP contribution is 2.68. The Labute approximate surface area is 165 Å². The smallest absolute Gasteiger partial charge is 0.303 e. The van der Waals surface area contributed by atoms with Gasteiger partial charge in [0, 0.05) is 6.42 Å². The SMILES string of the molecule is C[C@H](CCC(=O)O)[C@H]1CC[C@H]2[C@@H]3C(O)CC4CCCC[C@]4(C)[C@H]3CC[C@]12C. The Bertz CT molecular complexity index is 574. The van der Waals surface area contributed by atoms with Crippen molar-refractivity contribution in [2.45, 2.75) is 97.5 Å². The Morgan fingerprint density at radius 3 is 2.52 bits per heavy atom. The highest BCUT2D eigenvalue weighted by Gasteiger charge is 2.62. The molecule has 9 atom stereocenters. The average molecular weight is 377 g/mol. The van der Waals surface area contributed by atoms with Gasteiger partial charge in [0.25, 0.3) is 0 Å². The number of hydrogen-bond acceptors (Lipinski definition) is 2. The molecule has 4 fully saturated rings. The van der Waals surface area contributed by atoms with E-state index in [2.05, 4.69) is 20.8 Å². The molecule has 154 valence electrons. The zero-order valence-corrected chi connectivity index (χ0v) is 17.6. The van der Waals surface area contributed by atoms with Gasteiger partial charge in [-0.25, -0.2) is 0 Å². The van der Waals surface area contributed by atoms with Crippen LogP contribution >= 0.6 is 0 Å². The number of carbonyl (C=O) groups is 1. The fourth-order valence-corrected chi connectivity index (χ4v) is 8.78. The van der Waals surface area contributed by atoms with Crippen LogP contribution in [0.2, 0.25) is 0 Å². The third-order valence-corrected chi connectivity index (χ3v) is 10.2. The molecule has 0 aromatic heterocycles. The van der Waals surface area contributed by atoms with Gasteiger partial charge in [-0.1, -0.05) is 33.6 Å². The van der Waals surface area contributed by atoms with Crippen LogP contribution in [-0.4, -0.2) is 22.3 Å². The number of aliphatic hydroxyl groups is 1. The van der Waals surface area contributed by atoms with E-state index in [0.29, 0.717) is 46.8 Å². The van der Waals surface area contributed by atoms with Crippen LogP contribution < -0.4 is 0 Å². The largest absolute Gasteiger partial charge is 0.481 e. The van der Waals surface area contributed by atoms with Crippen molar-refractivity contribution >= 4 is 5.97 Å². The Balaban J connectivity index is 1.56. The van der Waals surface area contributed by atoms with Crippen molar-refractivity contribution in [2.24, 2.45) is 46.3 Å². The molecule has 0 saturated heterocycles. The number of aliphatic hydroxyl groups excluding tert-OH is 1. The quantitative estimate of drug-likeness (QED) is 0.680. The van der Waals surface area contributed by atoms with Gasteiger partial charge in [-0.2, -0.15) is 0 Å². The summed E-state index contributed by atoms with van der Waals surface area (Å²) < 4.78 is 0. The molecule has 3 nitrogen and oxygen atoms in total. The molecule has 4 aliphatic rings. The molecule has 0 spiro atoms. The van der Waals surface area contributed by atoms with Gasteiger partial charge in [-0.15, -0.1) is 0 Å². The summed E-state index contributed by atoms with van der Waals surface area (Å²) in [6.45, 7) is 7.33. The number of carboxylic acids is 1. The normalized spacial score (nSPS) is 50.4. The van der Waals surface area contributed by atoms with Gasteiger partial charge in [0.15, 0.2) is 0 Å². The van der Waals surface area contributed by atoms with E-state index in [0.717, 1.165) is 18.8 Å². The number of carboxylic acid groups (broad SMARTS) is 1. The van der Waals surface area contributed by atoms with E-state index in [1.807, 2.05) is 0 Å². The molecule has 4 aliphatic carbocycles. The summed E-state index contributed by atoms with van der Waals surface area (Å²) in [6, 6.07) is 0. The zero-order valence-electron chi connectivity index (χ0n) is 17.6. The number of rotatable bonds is 4. The van der Waals surface area contributed by atoms with Crippen LogP contribution in [-0.2, 0) is 4.79 Å². The molecule has 0 radical (unpaired) electrons. The van der Waals surface area contributed by atoms with Gasteiger partial charge in [0.1, 0.15) is 0 Å². The Morgan fingerprint density at radius 1 is 1.04 bits per heavy atom. The maximum atomic E-state index is 11.2. The second-order valence-electron chi connectivity index (χ2n) is 11.2. The standard InChI is InChI=1S/C24H40O3/c1-15(7-10-21(26)27)17-8-9-18-22-19(11-13-24(17,18)3)23(2)12-5-4-6-16(23)14-20(22)25/h15-20,22,25H,4-14H2,1-3H3,(H,26,27)/t15-,16?,17-,18+,19+,20?,22+,23+,24-/m1/s1. The molecule has 4 rings (SSSR count). The van der Waals surface area contributed by atoms with E-state index < -0.39 is 5.97 Å². The summed E-state index contributed by atoms with van der Waals surface area (Å²) in [6.07, 6.45) is 12.5. The maximum absolute atomic E-state index is 11.2. The van der Waals surface area contributed by atoms with Crippen LogP contribution in [0.5, 0.6) is 0 Å². The molecule has 0 aliphatic heterocycles. The molecule has 27 heavy (non-hydrogen) atoms. The fraction of sp³-hybridized carbons (Fsp3) is 0.958. The lowest BCUT2D eigenvalue weighted by Gasteiger charge is -2.62. The van der Waals surface area contributed by atoms with Crippen molar-refractivity contribution in [1.82, 2.24) is 0 Å². The van der Waals surface area contributed by atoms with Crippen molar-refractivity contribution in [3.8, 4) is 0 Å². The van der Waals surface area contributed by atoms with E-state index in [1.54, 1.807) is 0 Å². The lowest BCUT2D eigenvalue weighted by Crippen LogP contribution is -2.57. The molecule has 0 aromatic rings. The van der Waals surface area contributed by atoms with Gasteiger partial charge in [-0.05, 0) is 97.7 Å². The minimum absolute atomic E-state index is 0.108. The summed E-state index contributed by atoms with van der Waals surface area (Å²) in [4.78, 5) is 11.0. The third kappa shape index (κ3) is 3.07. The molecule has 0 heterocycles. The molecule has 2 N–H and O–H groups in total. The average Bonchev–Trinajstić information content (AvgIpc) is 2.97. The van der Waals surface area contributed by atoms with E-state index >= 15 is 0 Å². The summed E-state index contributed by atoms with van der Waals surface area (Å²) in [7, 11) is 0. The minimum Gasteiger partial charge on any atom is -0.481 e. The van der Waals surface area contributed by atoms with Crippen molar-refractivity contribution in [1.29, 1.82) is 0 Å². The van der Waals surface area contributed by atoms with Crippen LogP contribution in [0.3, 0.4) is 0 Å². The van der Waals surface area contributed by atoms with Crippen LogP contribution in [0.15, 0.2) is 0 Å². The van der Waals surface area contributed by atoms with E-state index in [4.69, 9.17) is 5.11 Å². The predicted octanol–water partition coefficient (Wildman–Crippen LogP) is 5.51. The summed E-state index contributed by atoms with van der Waals surface area (Å²) in [5.41, 5.74) is 0.758. The van der Waals surface area contributed by atoms with Gasteiger partial charge in [0.2, 0.25) is 0 Å². The molecule has 4 saturated carbocycles. The summed E-state index contributed by atoms with van der Waals surface area (Å²) in [5, 5.41) is 20.3. The Kier molecular flexibility index (Phi) is 5.15. The molecule has 0 bridgehead atoms. The highest BCUT2D eigenvalue weighted by atomic mass is 16.4. The van der Waals surface area contributed by atoms with Crippen LogP contribution in [0.1, 0.15) is 91.4 Å². The first-order valence-corrected chi connectivity index (χ1v) is 11.7. The molecular formula is C24H40O3. The first-order chi connectivity index (χ1) is 12.8. The van der Waals surface area contributed by atoms with Gasteiger partial charge in [0.05, 0.1) is 6.10 Å². The molecule has 2 unspecified atom stereocenters. The van der Waals surface area contributed by atoms with Crippen LogP contribution in [0.25, 0.3) is 0 Å². The second kappa shape index (κ2) is 7.04. The van der Waals surface area contributed by atoms with Crippen molar-refractivity contribution in [3.63, 3.8) is 0 Å². The Morgan fingerprint density at radius 2 is 1.78 bits per heavy atom. The first kappa shape index (κ1) is 19.7. The molecule has 0 aromatic carbocycles. The first-order valence-electron chi connectivity index (χ1n) is 11.7. The maximum Gasteiger partial charge on any atom is 0.303 e. The van der Waals surface area contributed by atoms with Gasteiger partial charge in [-0.3, -0.25) is 4.79 Å². The molecular weight excluding hydrogens is 336 g/mol. The summed E-state index contributed by atoms with van der Waals surface area (Å²) >= 11 is 0. The minimum atomic E-state index is -0.663. The van der Waals surface area contributed by atoms with Crippen LogP contribution in [0, 0.1) is 46.3 Å². The van der Waals surface area contributed by atoms with Crippen LogP contribution in [0.4, 0.5) is 0 Å². The number of hydrogen-bond donors (Lipinski definition) is 2. The van der Waals surface area contributed by atoms with Gasteiger partial charge < -0.3 is 10.2 Å². The summed E-state index contributed by atoms with van der Waals surface area (Å²) in [5.74, 6) is 3.02. The lowest BCUT2D eigenvalue weighted by molar-refractivity contribution is -0.164. The number of fused-ring (bicyclic) bond motifs is 5.